The topological polar surface area (TPSA) is 82.5 Å². The van der Waals surface area contributed by atoms with Crippen LogP contribution in [0.3, 0.4) is 0 Å². The third-order valence-corrected chi connectivity index (χ3v) is 4.82. The predicted octanol–water partition coefficient (Wildman–Crippen LogP) is 3.97. The van der Waals surface area contributed by atoms with E-state index in [1.54, 1.807) is 10.7 Å². The maximum Gasteiger partial charge on any atom is 0.249 e. The highest BCUT2D eigenvalue weighted by atomic mass is 35.5. The van der Waals surface area contributed by atoms with E-state index in [0.717, 1.165) is 11.3 Å². The normalized spacial score (nSPS) is 11.0. The fourth-order valence-electron chi connectivity index (χ4n) is 2.37. The van der Waals surface area contributed by atoms with E-state index in [9.17, 15) is 0 Å². The van der Waals surface area contributed by atoms with Gasteiger partial charge in [0.2, 0.25) is 16.9 Å². The Morgan fingerprint density at radius 1 is 1.08 bits per heavy atom. The van der Waals surface area contributed by atoms with E-state index in [2.05, 4.69) is 25.7 Å². The quantitative estimate of drug-likeness (QED) is 0.481. The zero-order valence-electron chi connectivity index (χ0n) is 13.7. The van der Waals surface area contributed by atoms with E-state index in [1.165, 1.54) is 11.8 Å². The highest BCUT2D eigenvalue weighted by Crippen LogP contribution is 2.28. The summed E-state index contributed by atoms with van der Waals surface area (Å²) < 4.78 is 7.39. The van der Waals surface area contributed by atoms with Crippen LogP contribution < -0.4 is 0 Å². The van der Waals surface area contributed by atoms with Crippen molar-refractivity contribution >= 4 is 23.4 Å². The van der Waals surface area contributed by atoms with Gasteiger partial charge in [-0.3, -0.25) is 0 Å². The molecular formula is C17H13ClN6OS. The lowest BCUT2D eigenvalue weighted by Gasteiger charge is -2.03. The fraction of sp³-hybridized carbons (Fsp3) is 0.118. The molecule has 4 rings (SSSR count). The lowest BCUT2D eigenvalue weighted by atomic mass is 10.2. The van der Waals surface area contributed by atoms with Crippen molar-refractivity contribution in [2.24, 2.45) is 0 Å². The van der Waals surface area contributed by atoms with E-state index in [-0.39, 0.29) is 0 Å². The zero-order valence-corrected chi connectivity index (χ0v) is 15.3. The smallest absolute Gasteiger partial charge is 0.249 e. The maximum absolute atomic E-state index is 6.16. The van der Waals surface area contributed by atoms with Crippen LogP contribution in [0.4, 0.5) is 0 Å². The molecule has 4 aromatic rings. The van der Waals surface area contributed by atoms with Crippen molar-refractivity contribution in [3.63, 3.8) is 0 Å². The molecule has 0 amide bonds. The summed E-state index contributed by atoms with van der Waals surface area (Å²) in [6, 6.07) is 15.3. The van der Waals surface area contributed by atoms with Gasteiger partial charge in [0.05, 0.1) is 22.0 Å². The second-order valence-corrected chi connectivity index (χ2v) is 6.83. The monoisotopic (exact) mass is 384 g/mol. The van der Waals surface area contributed by atoms with Crippen LogP contribution in [-0.4, -0.2) is 30.4 Å². The van der Waals surface area contributed by atoms with Crippen LogP contribution in [-0.2, 0) is 5.75 Å². The zero-order chi connectivity index (χ0) is 17.9. The summed E-state index contributed by atoms with van der Waals surface area (Å²) >= 11 is 7.58. The van der Waals surface area contributed by atoms with Gasteiger partial charge < -0.3 is 4.42 Å². The summed E-state index contributed by atoms with van der Waals surface area (Å²) in [5.74, 6) is 1.32. The molecule has 0 fully saturated rings. The Balaban J connectivity index is 1.51. The molecular weight excluding hydrogens is 372 g/mol. The number of hydrogen-bond acceptors (Lipinski definition) is 7. The number of benzene rings is 2. The number of nitrogens with zero attached hydrogens (tertiary/aromatic N) is 6. The third kappa shape index (κ3) is 3.47. The molecule has 0 N–H and O–H groups in total. The maximum atomic E-state index is 6.16. The first-order valence-electron chi connectivity index (χ1n) is 7.76. The van der Waals surface area contributed by atoms with Crippen LogP contribution in [0.25, 0.3) is 17.1 Å². The van der Waals surface area contributed by atoms with Crippen LogP contribution in [0.1, 0.15) is 11.5 Å². The molecule has 9 heteroatoms. The van der Waals surface area contributed by atoms with Gasteiger partial charge in [-0.2, -0.15) is 4.68 Å². The Kier molecular flexibility index (Phi) is 4.68. The van der Waals surface area contributed by atoms with Crippen molar-refractivity contribution in [3.05, 3.63) is 65.0 Å². The van der Waals surface area contributed by atoms with Gasteiger partial charge in [-0.25, -0.2) is 0 Å². The molecule has 0 atom stereocenters. The summed E-state index contributed by atoms with van der Waals surface area (Å²) in [4.78, 5) is 0. The molecule has 0 spiro atoms. The third-order valence-electron chi connectivity index (χ3n) is 3.58. The molecule has 0 bridgehead atoms. The molecule has 0 unspecified atom stereocenters. The second kappa shape index (κ2) is 7.27. The van der Waals surface area contributed by atoms with Gasteiger partial charge in [0.1, 0.15) is 0 Å². The van der Waals surface area contributed by atoms with E-state index in [4.69, 9.17) is 16.0 Å². The SMILES string of the molecule is Cc1cccc(-n2nnnc2SCc2nnc(-c3ccccc3Cl)o2)c1. The number of tetrazole rings is 1. The minimum atomic E-state index is 0.393. The minimum absolute atomic E-state index is 0.393. The van der Waals surface area contributed by atoms with Gasteiger partial charge >= 0.3 is 0 Å². The number of rotatable bonds is 5. The van der Waals surface area contributed by atoms with Gasteiger partial charge in [-0.1, -0.05) is 47.6 Å². The number of aromatic nitrogens is 6. The summed E-state index contributed by atoms with van der Waals surface area (Å²) in [7, 11) is 0. The van der Waals surface area contributed by atoms with Crippen molar-refractivity contribution in [1.29, 1.82) is 0 Å². The van der Waals surface area contributed by atoms with Crippen molar-refractivity contribution < 1.29 is 4.42 Å². The van der Waals surface area contributed by atoms with Crippen LogP contribution in [0.15, 0.2) is 58.1 Å². The molecule has 0 aliphatic heterocycles. The lowest BCUT2D eigenvalue weighted by Crippen LogP contribution is -1.99. The first kappa shape index (κ1) is 16.7. The molecule has 0 radical (unpaired) electrons. The van der Waals surface area contributed by atoms with Crippen LogP contribution >= 0.6 is 23.4 Å². The highest BCUT2D eigenvalue weighted by molar-refractivity contribution is 7.98. The fourth-order valence-corrected chi connectivity index (χ4v) is 3.32. The molecule has 0 saturated carbocycles. The minimum Gasteiger partial charge on any atom is -0.420 e. The summed E-state index contributed by atoms with van der Waals surface area (Å²) in [5, 5.41) is 21.2. The van der Waals surface area contributed by atoms with Crippen LogP contribution in [0, 0.1) is 6.92 Å². The Morgan fingerprint density at radius 3 is 2.81 bits per heavy atom. The van der Waals surface area contributed by atoms with Crippen LogP contribution in [0.5, 0.6) is 0 Å². The molecule has 0 aliphatic carbocycles. The summed E-state index contributed by atoms with van der Waals surface area (Å²) in [6.07, 6.45) is 0. The first-order chi connectivity index (χ1) is 12.7. The van der Waals surface area contributed by atoms with E-state index >= 15 is 0 Å². The Morgan fingerprint density at radius 2 is 1.96 bits per heavy atom. The highest BCUT2D eigenvalue weighted by Gasteiger charge is 2.14. The molecule has 130 valence electrons. The molecule has 2 heterocycles. The summed E-state index contributed by atoms with van der Waals surface area (Å²) in [6.45, 7) is 2.02. The van der Waals surface area contributed by atoms with Gasteiger partial charge in [0.15, 0.2) is 0 Å². The Bertz CT molecular complexity index is 1050. The number of hydrogen-bond donors (Lipinski definition) is 0. The molecule has 0 aliphatic rings. The number of thioether (sulfide) groups is 1. The van der Waals surface area contributed by atoms with Gasteiger partial charge in [-0.05, 0) is 47.2 Å². The van der Waals surface area contributed by atoms with E-state index in [0.29, 0.717) is 33.3 Å². The summed E-state index contributed by atoms with van der Waals surface area (Å²) in [5.41, 5.74) is 2.75. The van der Waals surface area contributed by atoms with Crippen molar-refractivity contribution in [2.45, 2.75) is 17.8 Å². The predicted molar refractivity (Wildman–Crippen MR) is 98.2 cm³/mol. The molecule has 26 heavy (non-hydrogen) atoms. The van der Waals surface area contributed by atoms with Crippen molar-refractivity contribution in [1.82, 2.24) is 30.4 Å². The molecule has 7 nitrogen and oxygen atoms in total. The molecule has 0 saturated heterocycles. The first-order valence-corrected chi connectivity index (χ1v) is 9.12. The van der Waals surface area contributed by atoms with Gasteiger partial charge in [0, 0.05) is 0 Å². The average Bonchev–Trinajstić information content (AvgIpc) is 3.30. The van der Waals surface area contributed by atoms with E-state index < -0.39 is 0 Å². The average molecular weight is 385 g/mol. The van der Waals surface area contributed by atoms with Crippen molar-refractivity contribution in [3.8, 4) is 17.1 Å². The molecule has 2 aromatic carbocycles. The van der Waals surface area contributed by atoms with Crippen LogP contribution in [0.2, 0.25) is 5.02 Å². The Hall–Kier alpha value is -2.71. The van der Waals surface area contributed by atoms with Crippen molar-refractivity contribution in [2.75, 3.05) is 0 Å². The standard InChI is InChI=1S/C17H13ClN6OS/c1-11-5-4-6-12(9-11)24-17(21-22-23-24)26-10-15-19-20-16(25-15)13-7-2-3-8-14(13)18/h2-9H,10H2,1H3. The lowest BCUT2D eigenvalue weighted by molar-refractivity contribution is 0.528. The van der Waals surface area contributed by atoms with Gasteiger partial charge in [0.25, 0.3) is 0 Å². The number of halogens is 1. The Labute approximate surface area is 158 Å². The molecule has 2 aromatic heterocycles. The van der Waals surface area contributed by atoms with Gasteiger partial charge in [-0.15, -0.1) is 15.3 Å². The number of aryl methyl sites for hydroxylation is 1. The largest absolute Gasteiger partial charge is 0.420 e. The second-order valence-electron chi connectivity index (χ2n) is 5.48. The van der Waals surface area contributed by atoms with E-state index in [1.807, 2.05) is 49.4 Å².